The Labute approximate surface area is 132 Å². The van der Waals surface area contributed by atoms with E-state index in [0.717, 1.165) is 5.56 Å². The summed E-state index contributed by atoms with van der Waals surface area (Å²) in [6, 6.07) is 14.9. The second-order valence-corrected chi connectivity index (χ2v) is 5.43. The van der Waals surface area contributed by atoms with E-state index in [2.05, 4.69) is 0 Å². The van der Waals surface area contributed by atoms with Crippen molar-refractivity contribution in [3.63, 3.8) is 0 Å². The predicted molar refractivity (Wildman–Crippen MR) is 82.9 cm³/mol. The molecule has 0 spiro atoms. The van der Waals surface area contributed by atoms with Crippen LogP contribution in [0.25, 0.3) is 0 Å². The number of rotatable bonds is 3. The first-order valence-electron chi connectivity index (χ1n) is 7.20. The second kappa shape index (κ2) is 6.00. The van der Waals surface area contributed by atoms with E-state index in [1.807, 2.05) is 30.3 Å². The van der Waals surface area contributed by atoms with Gasteiger partial charge < -0.3 is 0 Å². The topological polar surface area (TPSA) is 80.5 Å². The van der Waals surface area contributed by atoms with Crippen LogP contribution in [0.3, 0.4) is 0 Å². The zero-order chi connectivity index (χ0) is 16.4. The molecule has 116 valence electrons. The molecule has 2 aromatic carbocycles. The number of nitro groups is 1. The van der Waals surface area contributed by atoms with E-state index < -0.39 is 10.8 Å². The number of likely N-dealkylation sites (tertiary alicyclic amines) is 1. The third-order valence-corrected chi connectivity index (χ3v) is 3.97. The standard InChI is InChI=1S/C17H14N2O4/c20-16-10-14(12-4-2-1-3-5-12)11-18(16)17(21)13-6-8-15(9-7-13)19(22)23/h1-9,14H,10-11H2. The number of amides is 2. The van der Waals surface area contributed by atoms with Crippen LogP contribution in [0.2, 0.25) is 0 Å². The predicted octanol–water partition coefficient (Wildman–Crippen LogP) is 2.75. The van der Waals surface area contributed by atoms with Crippen molar-refractivity contribution in [2.75, 3.05) is 6.54 Å². The summed E-state index contributed by atoms with van der Waals surface area (Å²) < 4.78 is 0. The molecule has 1 unspecified atom stereocenters. The number of nitrogens with zero attached hydrogens (tertiary/aromatic N) is 2. The fraction of sp³-hybridized carbons (Fsp3) is 0.176. The lowest BCUT2D eigenvalue weighted by Gasteiger charge is -2.15. The van der Waals surface area contributed by atoms with Gasteiger partial charge in [-0.1, -0.05) is 30.3 Å². The van der Waals surface area contributed by atoms with E-state index in [4.69, 9.17) is 0 Å². The summed E-state index contributed by atoms with van der Waals surface area (Å²) in [6.45, 7) is 0.332. The van der Waals surface area contributed by atoms with Gasteiger partial charge in [0.15, 0.2) is 0 Å². The summed E-state index contributed by atoms with van der Waals surface area (Å²) in [7, 11) is 0. The molecule has 1 aliphatic heterocycles. The monoisotopic (exact) mass is 310 g/mol. The van der Waals surface area contributed by atoms with Gasteiger partial charge in [-0.2, -0.15) is 0 Å². The molecule has 23 heavy (non-hydrogen) atoms. The van der Waals surface area contributed by atoms with Crippen molar-refractivity contribution >= 4 is 17.5 Å². The first-order valence-corrected chi connectivity index (χ1v) is 7.20. The third-order valence-electron chi connectivity index (χ3n) is 3.97. The minimum Gasteiger partial charge on any atom is -0.278 e. The highest BCUT2D eigenvalue weighted by Gasteiger charge is 2.35. The summed E-state index contributed by atoms with van der Waals surface area (Å²) >= 11 is 0. The maximum absolute atomic E-state index is 12.5. The number of carbonyl (C=O) groups excluding carboxylic acids is 2. The highest BCUT2D eigenvalue weighted by Crippen LogP contribution is 2.29. The molecule has 0 bridgehead atoms. The normalized spacial score (nSPS) is 17.3. The van der Waals surface area contributed by atoms with Gasteiger partial charge in [0.2, 0.25) is 5.91 Å². The van der Waals surface area contributed by atoms with Crippen molar-refractivity contribution in [2.24, 2.45) is 0 Å². The number of benzene rings is 2. The maximum Gasteiger partial charge on any atom is 0.269 e. The van der Waals surface area contributed by atoms with Gasteiger partial charge >= 0.3 is 0 Å². The highest BCUT2D eigenvalue weighted by atomic mass is 16.6. The molecule has 6 nitrogen and oxygen atoms in total. The van der Waals surface area contributed by atoms with Crippen LogP contribution in [0.5, 0.6) is 0 Å². The number of imide groups is 1. The average molecular weight is 310 g/mol. The zero-order valence-electron chi connectivity index (χ0n) is 12.2. The Morgan fingerprint density at radius 1 is 1.09 bits per heavy atom. The number of hydrogen-bond acceptors (Lipinski definition) is 4. The molecular weight excluding hydrogens is 296 g/mol. The molecule has 1 heterocycles. The van der Waals surface area contributed by atoms with Gasteiger partial charge in [-0.05, 0) is 17.7 Å². The Balaban J connectivity index is 1.77. The second-order valence-electron chi connectivity index (χ2n) is 5.43. The molecule has 0 aliphatic carbocycles. The molecule has 0 aromatic heterocycles. The van der Waals surface area contributed by atoms with Crippen LogP contribution < -0.4 is 0 Å². The van der Waals surface area contributed by atoms with Crippen molar-refractivity contribution in [3.8, 4) is 0 Å². The molecule has 6 heteroatoms. The lowest BCUT2D eigenvalue weighted by Crippen LogP contribution is -2.32. The van der Waals surface area contributed by atoms with Crippen molar-refractivity contribution in [1.82, 2.24) is 4.90 Å². The molecule has 0 radical (unpaired) electrons. The lowest BCUT2D eigenvalue weighted by atomic mass is 9.98. The van der Waals surface area contributed by atoms with Gasteiger partial charge in [0.1, 0.15) is 0 Å². The zero-order valence-corrected chi connectivity index (χ0v) is 12.2. The van der Waals surface area contributed by atoms with Crippen LogP contribution in [0.15, 0.2) is 54.6 Å². The van der Waals surface area contributed by atoms with E-state index in [1.165, 1.54) is 29.2 Å². The van der Waals surface area contributed by atoms with E-state index in [0.29, 0.717) is 13.0 Å². The van der Waals surface area contributed by atoms with Crippen molar-refractivity contribution in [1.29, 1.82) is 0 Å². The fourth-order valence-electron chi connectivity index (χ4n) is 2.73. The molecule has 0 N–H and O–H groups in total. The fourth-order valence-corrected chi connectivity index (χ4v) is 2.73. The molecule has 0 saturated carbocycles. The van der Waals surface area contributed by atoms with E-state index in [-0.39, 0.29) is 23.1 Å². The Morgan fingerprint density at radius 2 is 1.74 bits per heavy atom. The van der Waals surface area contributed by atoms with Crippen LogP contribution in [0.4, 0.5) is 5.69 Å². The molecule has 1 saturated heterocycles. The summed E-state index contributed by atoms with van der Waals surface area (Å²) in [5.41, 5.74) is 1.22. The Morgan fingerprint density at radius 3 is 2.35 bits per heavy atom. The van der Waals surface area contributed by atoms with Gasteiger partial charge in [0.05, 0.1) is 4.92 Å². The molecule has 1 aliphatic rings. The summed E-state index contributed by atoms with van der Waals surface area (Å²) in [6.07, 6.45) is 0.294. The third kappa shape index (κ3) is 2.96. The van der Waals surface area contributed by atoms with Gasteiger partial charge in [-0.25, -0.2) is 0 Å². The van der Waals surface area contributed by atoms with Crippen molar-refractivity contribution in [2.45, 2.75) is 12.3 Å². The van der Waals surface area contributed by atoms with Crippen LogP contribution in [-0.4, -0.2) is 28.2 Å². The van der Waals surface area contributed by atoms with Gasteiger partial charge in [-0.3, -0.25) is 24.6 Å². The van der Waals surface area contributed by atoms with Gasteiger partial charge in [0.25, 0.3) is 11.6 Å². The largest absolute Gasteiger partial charge is 0.278 e. The highest BCUT2D eigenvalue weighted by molar-refractivity contribution is 6.06. The Kier molecular flexibility index (Phi) is 3.89. The number of carbonyl (C=O) groups is 2. The van der Waals surface area contributed by atoms with Crippen molar-refractivity contribution in [3.05, 3.63) is 75.8 Å². The smallest absolute Gasteiger partial charge is 0.269 e. The minimum absolute atomic E-state index is 0.00861. The molecule has 1 fully saturated rings. The van der Waals surface area contributed by atoms with Crippen LogP contribution >= 0.6 is 0 Å². The minimum atomic E-state index is -0.527. The van der Waals surface area contributed by atoms with E-state index in [9.17, 15) is 19.7 Å². The first-order chi connectivity index (χ1) is 11.1. The molecule has 3 rings (SSSR count). The lowest BCUT2D eigenvalue weighted by molar-refractivity contribution is -0.384. The number of non-ortho nitro benzene ring substituents is 1. The first kappa shape index (κ1) is 14.9. The molecule has 2 aromatic rings. The number of nitro benzene ring substituents is 1. The summed E-state index contributed by atoms with van der Waals surface area (Å²) in [5.74, 6) is -0.642. The van der Waals surface area contributed by atoms with Crippen LogP contribution in [0.1, 0.15) is 28.3 Å². The van der Waals surface area contributed by atoms with E-state index >= 15 is 0 Å². The summed E-state index contributed by atoms with van der Waals surface area (Å²) in [4.78, 5) is 35.9. The summed E-state index contributed by atoms with van der Waals surface area (Å²) in [5, 5.41) is 10.6. The molecule has 1 atom stereocenters. The Hall–Kier alpha value is -3.02. The van der Waals surface area contributed by atoms with Gasteiger partial charge in [0, 0.05) is 36.6 Å². The maximum atomic E-state index is 12.5. The average Bonchev–Trinajstić information content (AvgIpc) is 2.97. The van der Waals surface area contributed by atoms with Crippen molar-refractivity contribution < 1.29 is 14.5 Å². The van der Waals surface area contributed by atoms with Crippen LogP contribution in [0, 0.1) is 10.1 Å². The molecular formula is C17H14N2O4. The van der Waals surface area contributed by atoms with E-state index in [1.54, 1.807) is 0 Å². The SMILES string of the molecule is O=C1CC(c2ccccc2)CN1C(=O)c1ccc([N+](=O)[O-])cc1. The van der Waals surface area contributed by atoms with Gasteiger partial charge in [-0.15, -0.1) is 0 Å². The molecule has 2 amide bonds. The Bertz CT molecular complexity index is 756. The number of hydrogen-bond donors (Lipinski definition) is 0. The van der Waals surface area contributed by atoms with Crippen LogP contribution in [-0.2, 0) is 4.79 Å². The quantitative estimate of drug-likeness (QED) is 0.496.